The predicted octanol–water partition coefficient (Wildman–Crippen LogP) is 5.42. The van der Waals surface area contributed by atoms with E-state index in [-0.39, 0.29) is 5.91 Å². The average molecular weight is 381 g/mol. The highest BCUT2D eigenvalue weighted by Gasteiger charge is 2.14. The summed E-state index contributed by atoms with van der Waals surface area (Å²) in [5, 5.41) is 7.80. The second-order valence-corrected chi connectivity index (χ2v) is 7.06. The smallest absolute Gasteiger partial charge is 0.225 e. The van der Waals surface area contributed by atoms with Crippen LogP contribution in [0.3, 0.4) is 0 Å². The van der Waals surface area contributed by atoms with E-state index >= 15 is 0 Å². The number of para-hydroxylation sites is 1. The fourth-order valence-electron chi connectivity index (χ4n) is 3.21. The molecule has 3 aromatic carbocycles. The Morgan fingerprint density at radius 2 is 1.55 bits per heavy atom. The van der Waals surface area contributed by atoms with E-state index in [4.69, 9.17) is 5.10 Å². The number of benzene rings is 3. The van der Waals surface area contributed by atoms with Crippen LogP contribution in [0.4, 0.5) is 5.82 Å². The minimum absolute atomic E-state index is 0.0265. The number of amides is 1. The monoisotopic (exact) mass is 381 g/mol. The van der Waals surface area contributed by atoms with Gasteiger partial charge in [-0.1, -0.05) is 78.4 Å². The number of hydrogen-bond acceptors (Lipinski definition) is 2. The normalized spacial score (nSPS) is 10.7. The van der Waals surface area contributed by atoms with Crippen LogP contribution in [0.1, 0.15) is 17.5 Å². The summed E-state index contributed by atoms with van der Waals surface area (Å²) in [5.41, 5.74) is 5.10. The Bertz CT molecular complexity index is 1080. The summed E-state index contributed by atoms with van der Waals surface area (Å²) in [7, 11) is 0. The lowest BCUT2D eigenvalue weighted by Gasteiger charge is -2.09. The van der Waals surface area contributed by atoms with Gasteiger partial charge in [-0.3, -0.25) is 4.79 Å². The van der Waals surface area contributed by atoms with Crippen LogP contribution in [0.25, 0.3) is 16.9 Å². The van der Waals surface area contributed by atoms with E-state index in [1.807, 2.05) is 78.9 Å². The van der Waals surface area contributed by atoms with Gasteiger partial charge >= 0.3 is 0 Å². The number of anilines is 1. The van der Waals surface area contributed by atoms with Crippen LogP contribution < -0.4 is 5.32 Å². The van der Waals surface area contributed by atoms with Gasteiger partial charge < -0.3 is 5.32 Å². The zero-order chi connectivity index (χ0) is 20.1. The van der Waals surface area contributed by atoms with Crippen molar-refractivity contribution in [2.75, 3.05) is 5.32 Å². The molecule has 29 heavy (non-hydrogen) atoms. The first-order valence-corrected chi connectivity index (χ1v) is 9.75. The van der Waals surface area contributed by atoms with E-state index in [2.05, 4.69) is 24.4 Å². The Morgan fingerprint density at radius 3 is 2.24 bits per heavy atom. The molecule has 0 aliphatic carbocycles. The van der Waals surface area contributed by atoms with Gasteiger partial charge in [-0.25, -0.2) is 4.68 Å². The lowest BCUT2D eigenvalue weighted by molar-refractivity contribution is -0.116. The minimum Gasteiger partial charge on any atom is -0.311 e. The second kappa shape index (κ2) is 8.57. The number of nitrogens with zero attached hydrogens (tertiary/aromatic N) is 2. The summed E-state index contributed by atoms with van der Waals surface area (Å²) in [6, 6.07) is 30.0. The summed E-state index contributed by atoms with van der Waals surface area (Å²) in [6.07, 6.45) is 1.13. The number of rotatable bonds is 6. The molecule has 144 valence electrons. The van der Waals surface area contributed by atoms with E-state index in [1.54, 1.807) is 4.68 Å². The van der Waals surface area contributed by atoms with Crippen LogP contribution in [0.15, 0.2) is 91.0 Å². The summed E-state index contributed by atoms with van der Waals surface area (Å²) < 4.78 is 1.79. The number of nitrogens with one attached hydrogen (secondary N) is 1. The molecule has 0 atom stereocenters. The predicted molar refractivity (Wildman–Crippen MR) is 117 cm³/mol. The molecule has 0 aliphatic heterocycles. The molecule has 0 spiro atoms. The molecule has 0 bridgehead atoms. The Morgan fingerprint density at radius 1 is 0.897 bits per heavy atom. The van der Waals surface area contributed by atoms with Crippen molar-refractivity contribution in [3.05, 3.63) is 102 Å². The highest BCUT2D eigenvalue weighted by atomic mass is 16.1. The molecule has 1 heterocycles. The van der Waals surface area contributed by atoms with E-state index in [0.29, 0.717) is 18.7 Å². The van der Waals surface area contributed by atoms with Crippen molar-refractivity contribution < 1.29 is 4.79 Å². The SMILES string of the molecule is Cc1ccc(-c2cc(NC(=O)CCc3ccccc3)n(-c3ccccc3)n2)cc1. The number of carbonyl (C=O) groups is 1. The van der Waals surface area contributed by atoms with E-state index < -0.39 is 0 Å². The van der Waals surface area contributed by atoms with Crippen LogP contribution in [0, 0.1) is 6.92 Å². The van der Waals surface area contributed by atoms with Gasteiger partial charge in [-0.15, -0.1) is 0 Å². The molecule has 1 aromatic heterocycles. The zero-order valence-electron chi connectivity index (χ0n) is 16.4. The van der Waals surface area contributed by atoms with Gasteiger partial charge in [0.15, 0.2) is 0 Å². The van der Waals surface area contributed by atoms with Crippen molar-refractivity contribution in [2.45, 2.75) is 19.8 Å². The van der Waals surface area contributed by atoms with Crippen molar-refractivity contribution in [1.82, 2.24) is 9.78 Å². The maximum atomic E-state index is 12.6. The lowest BCUT2D eigenvalue weighted by Crippen LogP contribution is -2.15. The molecule has 0 fully saturated rings. The van der Waals surface area contributed by atoms with Crippen LogP contribution >= 0.6 is 0 Å². The molecule has 1 amide bonds. The van der Waals surface area contributed by atoms with Crippen LogP contribution in [0.5, 0.6) is 0 Å². The average Bonchev–Trinajstić information content (AvgIpc) is 3.18. The standard InChI is InChI=1S/C25H23N3O/c1-19-12-15-21(16-13-19)23-18-24(28(27-23)22-10-6-3-7-11-22)26-25(29)17-14-20-8-4-2-5-9-20/h2-13,15-16,18H,14,17H2,1H3,(H,26,29). The van der Waals surface area contributed by atoms with E-state index in [9.17, 15) is 4.79 Å². The first kappa shape index (κ1) is 18.7. The number of aromatic nitrogens is 2. The molecule has 4 heteroatoms. The molecule has 4 aromatic rings. The first-order valence-electron chi connectivity index (χ1n) is 9.75. The Balaban J connectivity index is 1.58. The van der Waals surface area contributed by atoms with E-state index in [1.165, 1.54) is 5.56 Å². The van der Waals surface area contributed by atoms with Crippen molar-refractivity contribution in [1.29, 1.82) is 0 Å². The molecule has 4 rings (SSSR count). The van der Waals surface area contributed by atoms with Gasteiger partial charge in [0.05, 0.1) is 11.4 Å². The number of aryl methyl sites for hydroxylation is 2. The molecule has 1 N–H and O–H groups in total. The number of hydrogen-bond donors (Lipinski definition) is 1. The number of carbonyl (C=O) groups excluding carboxylic acids is 1. The van der Waals surface area contributed by atoms with Crippen LogP contribution in [0.2, 0.25) is 0 Å². The third-order valence-corrected chi connectivity index (χ3v) is 4.81. The Kier molecular flexibility index (Phi) is 5.52. The van der Waals surface area contributed by atoms with Crippen molar-refractivity contribution >= 4 is 11.7 Å². The summed E-state index contributed by atoms with van der Waals surface area (Å²) in [4.78, 5) is 12.6. The quantitative estimate of drug-likeness (QED) is 0.485. The topological polar surface area (TPSA) is 46.9 Å². The molecule has 0 saturated carbocycles. The fourth-order valence-corrected chi connectivity index (χ4v) is 3.21. The third kappa shape index (κ3) is 4.61. The van der Waals surface area contributed by atoms with Gasteiger partial charge in [0, 0.05) is 18.1 Å². The lowest BCUT2D eigenvalue weighted by atomic mass is 10.1. The summed E-state index contributed by atoms with van der Waals surface area (Å²) in [6.45, 7) is 2.06. The van der Waals surface area contributed by atoms with Crippen molar-refractivity contribution in [3.63, 3.8) is 0 Å². The first-order chi connectivity index (χ1) is 14.2. The largest absolute Gasteiger partial charge is 0.311 e. The maximum absolute atomic E-state index is 12.6. The van der Waals surface area contributed by atoms with Gasteiger partial charge in [0.2, 0.25) is 5.91 Å². The van der Waals surface area contributed by atoms with Crippen molar-refractivity contribution in [3.8, 4) is 16.9 Å². The maximum Gasteiger partial charge on any atom is 0.225 e. The Hall–Kier alpha value is -3.66. The molecule has 4 nitrogen and oxygen atoms in total. The van der Waals surface area contributed by atoms with Crippen LogP contribution in [-0.2, 0) is 11.2 Å². The van der Waals surface area contributed by atoms with Crippen molar-refractivity contribution in [2.24, 2.45) is 0 Å². The zero-order valence-corrected chi connectivity index (χ0v) is 16.4. The molecular weight excluding hydrogens is 358 g/mol. The van der Waals surface area contributed by atoms with Gasteiger partial charge in [0.1, 0.15) is 5.82 Å². The van der Waals surface area contributed by atoms with Crippen LogP contribution in [-0.4, -0.2) is 15.7 Å². The summed E-state index contributed by atoms with van der Waals surface area (Å²) >= 11 is 0. The second-order valence-electron chi connectivity index (χ2n) is 7.06. The fraction of sp³-hybridized carbons (Fsp3) is 0.120. The van der Waals surface area contributed by atoms with Gasteiger partial charge in [0.25, 0.3) is 0 Å². The highest BCUT2D eigenvalue weighted by Crippen LogP contribution is 2.25. The minimum atomic E-state index is -0.0265. The molecule has 0 radical (unpaired) electrons. The van der Waals surface area contributed by atoms with E-state index in [0.717, 1.165) is 22.5 Å². The Labute approximate surface area is 170 Å². The molecule has 0 aliphatic rings. The summed E-state index contributed by atoms with van der Waals surface area (Å²) in [5.74, 6) is 0.645. The highest BCUT2D eigenvalue weighted by molar-refractivity contribution is 5.91. The molecular formula is C25H23N3O. The third-order valence-electron chi connectivity index (χ3n) is 4.81. The molecule has 0 unspecified atom stereocenters. The van der Waals surface area contributed by atoms with Gasteiger partial charge in [-0.05, 0) is 31.0 Å². The molecule has 0 saturated heterocycles. The van der Waals surface area contributed by atoms with Gasteiger partial charge in [-0.2, -0.15) is 5.10 Å².